The highest BCUT2D eigenvalue weighted by Gasteiger charge is 2.73. The summed E-state index contributed by atoms with van der Waals surface area (Å²) in [4.78, 5) is 14.9. The van der Waals surface area contributed by atoms with E-state index < -0.39 is 30.7 Å². The number of carbonyl (C=O) groups is 1. The van der Waals surface area contributed by atoms with Crippen LogP contribution in [-0.2, 0) is 4.74 Å². The normalized spacial score (nSPS) is 13.1. The Bertz CT molecular complexity index is 459. The Morgan fingerprint density at radius 1 is 1.29 bits per heavy atom. The Balaban J connectivity index is 3.04. The Labute approximate surface area is 118 Å². The number of hydrogen-bond acceptors (Lipinski definition) is 4. The SMILES string of the molecule is CCOC(NC(=O)Nc1nccs1)(C(F)(F)F)C(F)(F)F. The van der Waals surface area contributed by atoms with E-state index in [1.807, 2.05) is 0 Å². The van der Waals surface area contributed by atoms with Crippen LogP contribution in [0, 0.1) is 0 Å². The Morgan fingerprint density at radius 2 is 1.86 bits per heavy atom. The van der Waals surface area contributed by atoms with Gasteiger partial charge in [0.25, 0.3) is 0 Å². The van der Waals surface area contributed by atoms with Crippen molar-refractivity contribution >= 4 is 22.5 Å². The number of ether oxygens (including phenoxy) is 1. The van der Waals surface area contributed by atoms with Crippen LogP contribution in [0.1, 0.15) is 6.92 Å². The third-order valence-corrected chi connectivity index (χ3v) is 2.79. The third kappa shape index (κ3) is 3.75. The summed E-state index contributed by atoms with van der Waals surface area (Å²) in [5.41, 5.74) is -4.80. The number of nitrogens with zero attached hydrogens (tertiary/aromatic N) is 1. The molecule has 2 amide bonds. The van der Waals surface area contributed by atoms with Gasteiger partial charge in [0.15, 0.2) is 5.13 Å². The number of anilines is 1. The second-order valence-corrected chi connectivity index (χ2v) is 4.42. The lowest BCUT2D eigenvalue weighted by molar-refractivity contribution is -0.387. The quantitative estimate of drug-likeness (QED) is 0.655. The summed E-state index contributed by atoms with van der Waals surface area (Å²) in [6.07, 6.45) is -10.6. The maximum Gasteiger partial charge on any atom is 0.446 e. The lowest BCUT2D eigenvalue weighted by Gasteiger charge is -2.36. The van der Waals surface area contributed by atoms with Crippen LogP contribution in [0.15, 0.2) is 11.6 Å². The van der Waals surface area contributed by atoms with Crippen LogP contribution in [0.5, 0.6) is 0 Å². The van der Waals surface area contributed by atoms with E-state index in [4.69, 9.17) is 0 Å². The fourth-order valence-electron chi connectivity index (χ4n) is 1.29. The molecule has 0 saturated heterocycles. The number of thiazole rings is 1. The number of aromatic nitrogens is 1. The van der Waals surface area contributed by atoms with Crippen molar-refractivity contribution in [3.8, 4) is 0 Å². The van der Waals surface area contributed by atoms with Crippen LogP contribution in [0.3, 0.4) is 0 Å². The molecular formula is C9H9F6N3O2S. The molecule has 0 aliphatic carbocycles. The molecule has 0 aromatic carbocycles. The summed E-state index contributed by atoms with van der Waals surface area (Å²) in [5.74, 6) is 0. The zero-order valence-electron chi connectivity index (χ0n) is 10.3. The largest absolute Gasteiger partial charge is 0.446 e. The monoisotopic (exact) mass is 337 g/mol. The van der Waals surface area contributed by atoms with Crippen LogP contribution in [-0.4, -0.2) is 35.7 Å². The Morgan fingerprint density at radius 3 is 2.24 bits per heavy atom. The van der Waals surface area contributed by atoms with Crippen molar-refractivity contribution in [3.05, 3.63) is 11.6 Å². The van der Waals surface area contributed by atoms with Gasteiger partial charge in [-0.15, -0.1) is 11.3 Å². The summed E-state index contributed by atoms with van der Waals surface area (Å²) in [5, 5.41) is 3.76. The van der Waals surface area contributed by atoms with Gasteiger partial charge in [0, 0.05) is 18.2 Å². The first-order valence-corrected chi connectivity index (χ1v) is 6.17. The predicted molar refractivity (Wildman–Crippen MR) is 60.7 cm³/mol. The molecule has 12 heteroatoms. The molecule has 0 unspecified atom stereocenters. The van der Waals surface area contributed by atoms with E-state index in [0.29, 0.717) is 0 Å². The van der Waals surface area contributed by atoms with E-state index in [9.17, 15) is 31.1 Å². The summed E-state index contributed by atoms with van der Waals surface area (Å²) in [7, 11) is 0. The first kappa shape index (κ1) is 17.5. The van der Waals surface area contributed by atoms with E-state index in [-0.39, 0.29) is 5.13 Å². The van der Waals surface area contributed by atoms with Gasteiger partial charge in [0.1, 0.15) is 0 Å². The molecule has 0 atom stereocenters. The van der Waals surface area contributed by atoms with E-state index in [1.54, 1.807) is 5.32 Å². The molecule has 0 saturated carbocycles. The minimum atomic E-state index is -5.90. The van der Waals surface area contributed by atoms with Crippen LogP contribution in [0.2, 0.25) is 0 Å². The zero-order valence-corrected chi connectivity index (χ0v) is 11.1. The lowest BCUT2D eigenvalue weighted by Crippen LogP contribution is -2.69. The molecule has 0 fully saturated rings. The number of nitrogens with one attached hydrogen (secondary N) is 2. The molecule has 0 bridgehead atoms. The van der Waals surface area contributed by atoms with E-state index in [1.165, 1.54) is 11.6 Å². The number of urea groups is 1. The third-order valence-electron chi connectivity index (χ3n) is 2.10. The average molecular weight is 337 g/mol. The molecule has 1 aromatic heterocycles. The molecule has 0 spiro atoms. The number of carbonyl (C=O) groups excluding carboxylic acids is 1. The van der Waals surface area contributed by atoms with Gasteiger partial charge in [-0.3, -0.25) is 10.6 Å². The van der Waals surface area contributed by atoms with Crippen molar-refractivity contribution < 1.29 is 35.9 Å². The maximum atomic E-state index is 12.8. The fraction of sp³-hybridized carbons (Fsp3) is 0.556. The van der Waals surface area contributed by atoms with E-state index in [2.05, 4.69) is 9.72 Å². The second kappa shape index (κ2) is 6.05. The molecule has 0 aliphatic heterocycles. The van der Waals surface area contributed by atoms with Crippen LogP contribution in [0.4, 0.5) is 36.3 Å². The maximum absolute atomic E-state index is 12.8. The molecule has 0 aliphatic rings. The highest BCUT2D eigenvalue weighted by molar-refractivity contribution is 7.13. The summed E-state index contributed by atoms with van der Waals surface area (Å²) >= 11 is 0.819. The van der Waals surface area contributed by atoms with E-state index in [0.717, 1.165) is 23.6 Å². The van der Waals surface area contributed by atoms with Crippen LogP contribution < -0.4 is 10.6 Å². The van der Waals surface area contributed by atoms with E-state index >= 15 is 0 Å². The molecule has 1 rings (SSSR count). The first-order chi connectivity index (χ1) is 9.53. The van der Waals surface area contributed by atoms with Crippen LogP contribution in [0.25, 0.3) is 0 Å². The molecule has 2 N–H and O–H groups in total. The van der Waals surface area contributed by atoms with Crippen molar-refractivity contribution in [2.45, 2.75) is 25.0 Å². The smallest absolute Gasteiger partial charge is 0.341 e. The number of alkyl halides is 6. The topological polar surface area (TPSA) is 63.2 Å². The summed E-state index contributed by atoms with van der Waals surface area (Å²) in [6, 6.07) is -1.74. The predicted octanol–water partition coefficient (Wildman–Crippen LogP) is 3.12. The minimum Gasteiger partial charge on any atom is -0.341 e. The Hall–Kier alpha value is -1.56. The molecule has 5 nitrogen and oxygen atoms in total. The van der Waals surface area contributed by atoms with Crippen molar-refractivity contribution in [1.29, 1.82) is 0 Å². The highest BCUT2D eigenvalue weighted by atomic mass is 32.1. The van der Waals surface area contributed by atoms with Gasteiger partial charge in [-0.2, -0.15) is 26.3 Å². The molecule has 1 aromatic rings. The van der Waals surface area contributed by atoms with Gasteiger partial charge < -0.3 is 4.74 Å². The van der Waals surface area contributed by atoms with Crippen molar-refractivity contribution in [1.82, 2.24) is 10.3 Å². The van der Waals surface area contributed by atoms with Gasteiger partial charge in [0.2, 0.25) is 0 Å². The molecule has 120 valence electrons. The molecule has 1 heterocycles. The molecule has 21 heavy (non-hydrogen) atoms. The van der Waals surface area contributed by atoms with Gasteiger partial charge >= 0.3 is 24.1 Å². The lowest BCUT2D eigenvalue weighted by atomic mass is 10.2. The zero-order chi connectivity index (χ0) is 16.3. The van der Waals surface area contributed by atoms with Crippen molar-refractivity contribution in [2.24, 2.45) is 0 Å². The minimum absolute atomic E-state index is 0.165. The number of hydrogen-bond donors (Lipinski definition) is 2. The average Bonchev–Trinajstić information content (AvgIpc) is 2.77. The van der Waals surface area contributed by atoms with Crippen molar-refractivity contribution in [2.75, 3.05) is 11.9 Å². The highest BCUT2D eigenvalue weighted by Crippen LogP contribution is 2.44. The Kier molecular flexibility index (Phi) is 5.04. The van der Waals surface area contributed by atoms with Gasteiger partial charge in [0.05, 0.1) is 0 Å². The van der Waals surface area contributed by atoms with Crippen molar-refractivity contribution in [3.63, 3.8) is 0 Å². The van der Waals surface area contributed by atoms with Gasteiger partial charge in [-0.05, 0) is 6.92 Å². The number of halogens is 6. The first-order valence-electron chi connectivity index (χ1n) is 5.29. The fourth-order valence-corrected chi connectivity index (χ4v) is 1.82. The van der Waals surface area contributed by atoms with Gasteiger partial charge in [-0.25, -0.2) is 9.78 Å². The summed E-state index contributed by atoms with van der Waals surface area (Å²) in [6.45, 7) is 0.0171. The van der Waals surface area contributed by atoms with Gasteiger partial charge in [-0.1, -0.05) is 0 Å². The summed E-state index contributed by atoms with van der Waals surface area (Å²) < 4.78 is 80.6. The molecule has 0 radical (unpaired) electrons. The molecular weight excluding hydrogens is 328 g/mol. The second-order valence-electron chi connectivity index (χ2n) is 3.53. The number of amides is 2. The standard InChI is InChI=1S/C9H9F6N3O2S/c1-2-20-7(8(10,11)12,9(13,14)15)18-5(19)17-6-16-3-4-21-6/h3-4H,2H2,1H3,(H2,16,17,18,19). The number of rotatable bonds is 4. The van der Waals surface area contributed by atoms with Crippen LogP contribution >= 0.6 is 11.3 Å².